The van der Waals surface area contributed by atoms with Crippen LogP contribution >= 0.6 is 0 Å². The largest absolute Gasteiger partial charge is 0.508 e. The molecule has 2 heterocycles. The third-order valence-corrected chi connectivity index (χ3v) is 3.64. The van der Waals surface area contributed by atoms with Crippen LogP contribution in [-0.4, -0.2) is 35.5 Å². The number of hydrogen-bond donors (Lipinski definition) is 2. The van der Waals surface area contributed by atoms with Gasteiger partial charge in [0.15, 0.2) is 0 Å². The fourth-order valence-electron chi connectivity index (χ4n) is 2.45. The Balaban J connectivity index is 1.77. The fraction of sp³-hybridized carbons (Fsp3) is 0.462. The number of hydrogen-bond acceptors (Lipinski definition) is 3. The molecule has 0 unspecified atom stereocenters. The van der Waals surface area contributed by atoms with Crippen molar-refractivity contribution >= 4 is 5.91 Å². The lowest BCUT2D eigenvalue weighted by atomic mass is 9.96. The zero-order chi connectivity index (χ0) is 11.8. The van der Waals surface area contributed by atoms with Crippen LogP contribution in [-0.2, 0) is 17.8 Å². The summed E-state index contributed by atoms with van der Waals surface area (Å²) < 4.78 is 0. The van der Waals surface area contributed by atoms with E-state index in [1.807, 2.05) is 11.0 Å². The molecule has 0 aliphatic carbocycles. The molecule has 2 N–H and O–H groups in total. The van der Waals surface area contributed by atoms with Gasteiger partial charge in [0, 0.05) is 26.2 Å². The van der Waals surface area contributed by atoms with E-state index in [9.17, 15) is 9.90 Å². The van der Waals surface area contributed by atoms with Gasteiger partial charge < -0.3 is 15.3 Å². The van der Waals surface area contributed by atoms with Gasteiger partial charge in [-0.15, -0.1) is 0 Å². The van der Waals surface area contributed by atoms with Crippen molar-refractivity contribution in [3.8, 4) is 5.75 Å². The van der Waals surface area contributed by atoms with E-state index in [2.05, 4.69) is 5.32 Å². The smallest absolute Gasteiger partial charge is 0.228 e. The van der Waals surface area contributed by atoms with Crippen LogP contribution in [0, 0.1) is 5.92 Å². The number of carbonyl (C=O) groups excluding carboxylic acids is 1. The highest BCUT2D eigenvalue weighted by Gasteiger charge is 2.30. The van der Waals surface area contributed by atoms with E-state index in [1.165, 1.54) is 5.56 Å². The third kappa shape index (κ3) is 1.89. The van der Waals surface area contributed by atoms with E-state index in [-0.39, 0.29) is 17.6 Å². The molecule has 1 aromatic rings. The van der Waals surface area contributed by atoms with Crippen molar-refractivity contribution in [1.29, 1.82) is 0 Å². The number of fused-ring (bicyclic) bond motifs is 1. The van der Waals surface area contributed by atoms with Gasteiger partial charge in [-0.2, -0.15) is 0 Å². The molecule has 0 radical (unpaired) electrons. The monoisotopic (exact) mass is 232 g/mol. The molecular weight excluding hydrogens is 216 g/mol. The minimum absolute atomic E-state index is 0.161. The Morgan fingerprint density at radius 2 is 2.18 bits per heavy atom. The molecule has 17 heavy (non-hydrogen) atoms. The molecule has 0 aromatic heterocycles. The van der Waals surface area contributed by atoms with Gasteiger partial charge in [0.2, 0.25) is 5.91 Å². The molecule has 1 saturated heterocycles. The van der Waals surface area contributed by atoms with Gasteiger partial charge in [-0.1, -0.05) is 6.07 Å². The number of rotatable bonds is 1. The molecule has 0 atom stereocenters. The number of amides is 1. The molecule has 2 aliphatic heterocycles. The Labute approximate surface area is 100 Å². The van der Waals surface area contributed by atoms with E-state index in [0.29, 0.717) is 6.54 Å². The third-order valence-electron chi connectivity index (χ3n) is 3.64. The average Bonchev–Trinajstić information content (AvgIpc) is 2.25. The Morgan fingerprint density at radius 3 is 2.88 bits per heavy atom. The van der Waals surface area contributed by atoms with Crippen LogP contribution < -0.4 is 5.32 Å². The van der Waals surface area contributed by atoms with E-state index in [1.54, 1.807) is 12.1 Å². The fourth-order valence-corrected chi connectivity index (χ4v) is 2.45. The van der Waals surface area contributed by atoms with Gasteiger partial charge in [0.1, 0.15) is 5.75 Å². The summed E-state index contributed by atoms with van der Waals surface area (Å²) in [7, 11) is 0. The normalized spacial score (nSPS) is 19.6. The predicted molar refractivity (Wildman–Crippen MR) is 63.6 cm³/mol. The van der Waals surface area contributed by atoms with Gasteiger partial charge in [-0.25, -0.2) is 0 Å². The zero-order valence-corrected chi connectivity index (χ0v) is 9.65. The molecule has 3 rings (SSSR count). The molecule has 0 spiro atoms. The van der Waals surface area contributed by atoms with Crippen molar-refractivity contribution in [3.63, 3.8) is 0 Å². The van der Waals surface area contributed by atoms with Crippen molar-refractivity contribution < 1.29 is 9.90 Å². The summed E-state index contributed by atoms with van der Waals surface area (Å²) in [6, 6.07) is 5.44. The van der Waals surface area contributed by atoms with E-state index < -0.39 is 0 Å². The highest BCUT2D eigenvalue weighted by atomic mass is 16.3. The first-order valence-electron chi connectivity index (χ1n) is 6.04. The summed E-state index contributed by atoms with van der Waals surface area (Å²) in [5.41, 5.74) is 2.33. The summed E-state index contributed by atoms with van der Waals surface area (Å²) in [5, 5.41) is 12.6. The lowest BCUT2D eigenvalue weighted by molar-refractivity contribution is -0.138. The average molecular weight is 232 g/mol. The highest BCUT2D eigenvalue weighted by Crippen LogP contribution is 2.24. The Bertz CT molecular complexity index is 455. The minimum Gasteiger partial charge on any atom is -0.508 e. The van der Waals surface area contributed by atoms with Crippen molar-refractivity contribution in [2.75, 3.05) is 19.6 Å². The van der Waals surface area contributed by atoms with Gasteiger partial charge in [0.25, 0.3) is 0 Å². The van der Waals surface area contributed by atoms with Crippen molar-refractivity contribution in [2.24, 2.45) is 5.92 Å². The second-order valence-electron chi connectivity index (χ2n) is 4.82. The molecule has 2 aliphatic rings. The quantitative estimate of drug-likeness (QED) is 0.741. The van der Waals surface area contributed by atoms with Crippen LogP contribution in [0.5, 0.6) is 5.75 Å². The lowest BCUT2D eigenvalue weighted by Gasteiger charge is -2.35. The standard InChI is InChI=1S/C13H16N2O2/c16-12-2-1-9-3-4-15(8-10(9)5-12)13(17)11-6-14-7-11/h1-2,5,11,14,16H,3-4,6-8H2. The van der Waals surface area contributed by atoms with Crippen molar-refractivity contribution in [2.45, 2.75) is 13.0 Å². The number of nitrogens with zero attached hydrogens (tertiary/aromatic N) is 1. The predicted octanol–water partition coefficient (Wildman–Crippen LogP) is 0.496. The maximum absolute atomic E-state index is 12.1. The number of phenols is 1. The van der Waals surface area contributed by atoms with E-state index >= 15 is 0 Å². The SMILES string of the molecule is O=C(C1CNC1)N1CCc2ccc(O)cc2C1. The van der Waals surface area contributed by atoms with E-state index in [0.717, 1.165) is 31.6 Å². The first-order valence-corrected chi connectivity index (χ1v) is 6.04. The zero-order valence-electron chi connectivity index (χ0n) is 9.65. The van der Waals surface area contributed by atoms with E-state index in [4.69, 9.17) is 0 Å². The highest BCUT2D eigenvalue weighted by molar-refractivity contribution is 5.80. The molecule has 1 aromatic carbocycles. The lowest BCUT2D eigenvalue weighted by Crippen LogP contribution is -2.52. The molecule has 0 saturated carbocycles. The maximum Gasteiger partial charge on any atom is 0.228 e. The number of nitrogens with one attached hydrogen (secondary N) is 1. The molecule has 4 heteroatoms. The molecular formula is C13H16N2O2. The topological polar surface area (TPSA) is 52.6 Å². The first-order chi connectivity index (χ1) is 8.24. The molecule has 4 nitrogen and oxygen atoms in total. The second-order valence-corrected chi connectivity index (χ2v) is 4.82. The summed E-state index contributed by atoms with van der Waals surface area (Å²) in [4.78, 5) is 14.0. The van der Waals surface area contributed by atoms with Gasteiger partial charge in [-0.3, -0.25) is 4.79 Å². The second kappa shape index (κ2) is 4.04. The van der Waals surface area contributed by atoms with Crippen LogP contribution in [0.4, 0.5) is 0 Å². The number of aromatic hydroxyl groups is 1. The van der Waals surface area contributed by atoms with Gasteiger partial charge in [0.05, 0.1) is 5.92 Å². The summed E-state index contributed by atoms with van der Waals surface area (Å²) in [5.74, 6) is 0.690. The molecule has 90 valence electrons. The van der Waals surface area contributed by atoms with Crippen molar-refractivity contribution in [3.05, 3.63) is 29.3 Å². The Kier molecular flexibility index (Phi) is 2.52. The van der Waals surface area contributed by atoms with Crippen LogP contribution in [0.15, 0.2) is 18.2 Å². The van der Waals surface area contributed by atoms with Crippen LogP contribution in [0.1, 0.15) is 11.1 Å². The van der Waals surface area contributed by atoms with Crippen LogP contribution in [0.3, 0.4) is 0 Å². The first kappa shape index (κ1) is 10.6. The van der Waals surface area contributed by atoms with Crippen LogP contribution in [0.2, 0.25) is 0 Å². The summed E-state index contributed by atoms with van der Waals surface area (Å²) in [6.07, 6.45) is 0.890. The Hall–Kier alpha value is -1.55. The summed E-state index contributed by atoms with van der Waals surface area (Å²) in [6.45, 7) is 3.05. The number of phenolic OH excluding ortho intramolecular Hbond substituents is 1. The Morgan fingerprint density at radius 1 is 1.35 bits per heavy atom. The molecule has 0 bridgehead atoms. The van der Waals surface area contributed by atoms with Gasteiger partial charge in [-0.05, 0) is 29.7 Å². The molecule has 1 fully saturated rings. The van der Waals surface area contributed by atoms with Crippen molar-refractivity contribution in [1.82, 2.24) is 10.2 Å². The maximum atomic E-state index is 12.1. The summed E-state index contributed by atoms with van der Waals surface area (Å²) >= 11 is 0. The minimum atomic E-state index is 0.161. The number of benzene rings is 1. The van der Waals surface area contributed by atoms with Gasteiger partial charge >= 0.3 is 0 Å². The van der Waals surface area contributed by atoms with Crippen LogP contribution in [0.25, 0.3) is 0 Å². The number of carbonyl (C=O) groups is 1. The molecule has 1 amide bonds.